The zero-order chi connectivity index (χ0) is 6.85. The van der Waals surface area contributed by atoms with E-state index in [9.17, 15) is 4.79 Å². The Hall–Kier alpha value is -0.370. The van der Waals surface area contributed by atoms with Crippen molar-refractivity contribution in [2.75, 3.05) is 0 Å². The van der Waals surface area contributed by atoms with Gasteiger partial charge in [-0.05, 0) is 22.6 Å². The van der Waals surface area contributed by atoms with E-state index in [4.69, 9.17) is 5.11 Å². The lowest BCUT2D eigenvalue weighted by Crippen LogP contribution is -2.01. The lowest BCUT2D eigenvalue weighted by molar-refractivity contribution is 0.276. The maximum absolute atomic E-state index is 10.3. The van der Waals surface area contributed by atoms with Crippen LogP contribution in [0.2, 0.25) is 0 Å². The Morgan fingerprint density at radius 2 is 2.44 bits per heavy atom. The number of nitrogens with one attached hydrogen (secondary N) is 2. The minimum atomic E-state index is -0.749. The third-order valence-electron chi connectivity index (χ3n) is 0.745. The normalized spacial score (nSPS) is 13.6. The van der Waals surface area contributed by atoms with Crippen LogP contribution in [-0.2, 0) is 0 Å². The van der Waals surface area contributed by atoms with Gasteiger partial charge in [-0.25, -0.2) is 9.89 Å². The van der Waals surface area contributed by atoms with Gasteiger partial charge >= 0.3 is 5.69 Å². The van der Waals surface area contributed by atoms with E-state index in [2.05, 4.69) is 15.2 Å². The SMILES string of the molecule is O=c1[nH]nc(C(O)I)[nH]1. The van der Waals surface area contributed by atoms with Crippen molar-refractivity contribution < 1.29 is 5.11 Å². The summed E-state index contributed by atoms with van der Waals surface area (Å²) >= 11 is 1.72. The van der Waals surface area contributed by atoms with Gasteiger partial charge in [0.25, 0.3) is 0 Å². The second kappa shape index (κ2) is 2.48. The van der Waals surface area contributed by atoms with Gasteiger partial charge in [0.15, 0.2) is 9.94 Å². The molecule has 1 rings (SSSR count). The molecule has 0 bridgehead atoms. The van der Waals surface area contributed by atoms with Gasteiger partial charge in [-0.2, -0.15) is 5.10 Å². The molecule has 0 spiro atoms. The third kappa shape index (κ3) is 1.52. The molecule has 1 atom stereocenters. The molecule has 0 saturated carbocycles. The van der Waals surface area contributed by atoms with Gasteiger partial charge < -0.3 is 5.11 Å². The summed E-state index contributed by atoms with van der Waals surface area (Å²) in [5.41, 5.74) is -0.402. The zero-order valence-electron chi connectivity index (χ0n) is 4.26. The highest BCUT2D eigenvalue weighted by atomic mass is 127. The molecule has 0 amide bonds. The molecule has 0 aromatic carbocycles. The first kappa shape index (κ1) is 6.75. The highest BCUT2D eigenvalue weighted by Gasteiger charge is 2.04. The van der Waals surface area contributed by atoms with Gasteiger partial charge in [-0.3, -0.25) is 4.98 Å². The summed E-state index contributed by atoms with van der Waals surface area (Å²) in [7, 11) is 0. The van der Waals surface area contributed by atoms with E-state index in [0.29, 0.717) is 0 Å². The Labute approximate surface area is 63.6 Å². The average Bonchev–Trinajstić information content (AvgIpc) is 2.14. The second-order valence-electron chi connectivity index (χ2n) is 1.40. The number of H-pyrrole nitrogens is 2. The molecule has 0 fully saturated rings. The molecule has 1 aromatic heterocycles. The van der Waals surface area contributed by atoms with Crippen molar-refractivity contribution in [3.8, 4) is 0 Å². The predicted molar refractivity (Wildman–Crippen MR) is 38.2 cm³/mol. The van der Waals surface area contributed by atoms with E-state index in [1.165, 1.54) is 0 Å². The Balaban J connectivity index is 2.98. The number of aliphatic hydroxyl groups excluding tert-OH is 1. The second-order valence-corrected chi connectivity index (χ2v) is 2.58. The lowest BCUT2D eigenvalue weighted by Gasteiger charge is -1.90. The summed E-state index contributed by atoms with van der Waals surface area (Å²) in [5, 5.41) is 14.4. The van der Waals surface area contributed by atoms with Crippen LogP contribution in [0.3, 0.4) is 0 Å². The maximum Gasteiger partial charge on any atom is 0.340 e. The largest absolute Gasteiger partial charge is 0.375 e. The molecule has 0 aliphatic carbocycles. The number of aromatic nitrogens is 3. The van der Waals surface area contributed by atoms with E-state index in [-0.39, 0.29) is 5.82 Å². The Bertz CT molecular complexity index is 239. The minimum absolute atomic E-state index is 0.251. The summed E-state index contributed by atoms with van der Waals surface area (Å²) in [6, 6.07) is 0. The number of nitrogens with zero attached hydrogens (tertiary/aromatic N) is 1. The molecule has 0 aliphatic heterocycles. The number of rotatable bonds is 1. The fraction of sp³-hybridized carbons (Fsp3) is 0.333. The van der Waals surface area contributed by atoms with Crippen LogP contribution >= 0.6 is 22.6 Å². The van der Waals surface area contributed by atoms with E-state index in [0.717, 1.165) is 0 Å². The molecule has 0 radical (unpaired) electrons. The molecule has 1 unspecified atom stereocenters. The molecule has 1 aromatic rings. The van der Waals surface area contributed by atoms with Crippen molar-refractivity contribution in [3.63, 3.8) is 0 Å². The third-order valence-corrected chi connectivity index (χ3v) is 1.34. The number of alkyl halides is 1. The number of aromatic amines is 2. The summed E-state index contributed by atoms with van der Waals surface area (Å²) in [5.74, 6) is 0.251. The highest BCUT2D eigenvalue weighted by molar-refractivity contribution is 14.1. The molecular formula is C3H4IN3O2. The van der Waals surface area contributed by atoms with Crippen LogP contribution in [0.25, 0.3) is 0 Å². The van der Waals surface area contributed by atoms with Crippen molar-refractivity contribution in [3.05, 3.63) is 16.3 Å². The Morgan fingerprint density at radius 1 is 1.78 bits per heavy atom. The minimum Gasteiger partial charge on any atom is -0.375 e. The molecule has 50 valence electrons. The first-order valence-corrected chi connectivity index (χ1v) is 3.41. The van der Waals surface area contributed by atoms with Gasteiger partial charge in [0.05, 0.1) is 0 Å². The fourth-order valence-electron chi connectivity index (χ4n) is 0.396. The van der Waals surface area contributed by atoms with Crippen molar-refractivity contribution in [1.82, 2.24) is 15.2 Å². The zero-order valence-corrected chi connectivity index (χ0v) is 6.42. The molecule has 0 saturated heterocycles. The number of hydrogen-bond acceptors (Lipinski definition) is 3. The van der Waals surface area contributed by atoms with Crippen LogP contribution < -0.4 is 5.69 Å². The van der Waals surface area contributed by atoms with Crippen LogP contribution in [0.5, 0.6) is 0 Å². The summed E-state index contributed by atoms with van der Waals surface area (Å²) < 4.78 is -0.749. The van der Waals surface area contributed by atoms with Crippen LogP contribution in [0.1, 0.15) is 9.94 Å². The number of hydrogen-bond donors (Lipinski definition) is 3. The lowest BCUT2D eigenvalue weighted by atomic mass is 10.7. The molecule has 3 N–H and O–H groups in total. The molecule has 1 heterocycles. The topological polar surface area (TPSA) is 81.8 Å². The molecule has 5 nitrogen and oxygen atoms in total. The van der Waals surface area contributed by atoms with Gasteiger partial charge in [0.1, 0.15) is 0 Å². The summed E-state index contributed by atoms with van der Waals surface area (Å²) in [4.78, 5) is 12.6. The smallest absolute Gasteiger partial charge is 0.340 e. The Morgan fingerprint density at radius 3 is 2.67 bits per heavy atom. The van der Waals surface area contributed by atoms with Gasteiger partial charge in [0, 0.05) is 0 Å². The first-order valence-electron chi connectivity index (χ1n) is 2.17. The molecule has 6 heteroatoms. The van der Waals surface area contributed by atoms with Crippen LogP contribution in [0.15, 0.2) is 4.79 Å². The van der Waals surface area contributed by atoms with Crippen molar-refractivity contribution in [2.24, 2.45) is 0 Å². The standard InChI is InChI=1S/C3H4IN3O2/c4-1(8)2-5-3(9)7-6-2/h1,8H,(H2,5,6,7,9). The van der Waals surface area contributed by atoms with Gasteiger partial charge in [-0.15, -0.1) is 0 Å². The van der Waals surface area contributed by atoms with E-state index >= 15 is 0 Å². The maximum atomic E-state index is 10.3. The van der Waals surface area contributed by atoms with Gasteiger partial charge in [-0.1, -0.05) is 0 Å². The van der Waals surface area contributed by atoms with E-state index < -0.39 is 9.80 Å². The van der Waals surface area contributed by atoms with Gasteiger partial charge in [0.2, 0.25) is 0 Å². The number of halogens is 1. The van der Waals surface area contributed by atoms with E-state index in [1.807, 2.05) is 0 Å². The Kier molecular flexibility index (Phi) is 1.86. The van der Waals surface area contributed by atoms with Crippen LogP contribution in [0, 0.1) is 0 Å². The van der Waals surface area contributed by atoms with Crippen LogP contribution in [-0.4, -0.2) is 20.3 Å². The van der Waals surface area contributed by atoms with Crippen molar-refractivity contribution in [1.29, 1.82) is 0 Å². The average molecular weight is 241 g/mol. The first-order chi connectivity index (χ1) is 4.20. The van der Waals surface area contributed by atoms with E-state index in [1.54, 1.807) is 22.6 Å². The summed E-state index contributed by atoms with van der Waals surface area (Å²) in [6.07, 6.45) is 0. The van der Waals surface area contributed by atoms with Crippen LogP contribution in [0.4, 0.5) is 0 Å². The summed E-state index contributed by atoms with van der Waals surface area (Å²) in [6.45, 7) is 0. The van der Waals surface area contributed by atoms with Crippen molar-refractivity contribution in [2.45, 2.75) is 4.11 Å². The molecular weight excluding hydrogens is 237 g/mol. The van der Waals surface area contributed by atoms with Crippen molar-refractivity contribution >= 4 is 22.6 Å². The number of aliphatic hydroxyl groups is 1. The quantitative estimate of drug-likeness (QED) is 0.459. The fourth-order valence-corrected chi connectivity index (χ4v) is 0.691. The molecule has 0 aliphatic rings. The highest BCUT2D eigenvalue weighted by Crippen LogP contribution is 2.11. The monoisotopic (exact) mass is 241 g/mol. The molecule has 9 heavy (non-hydrogen) atoms. The predicted octanol–water partition coefficient (Wildman–Crippen LogP) is -0.476.